The average molecular weight is 97.3 g/mol. The fourth-order valence-electron chi connectivity index (χ4n) is 0. The Labute approximate surface area is 68.2 Å². The van der Waals surface area contributed by atoms with Crippen LogP contribution in [0, 0.1) is 0 Å². The van der Waals surface area contributed by atoms with Crippen LogP contribution in [0.1, 0.15) is 23.7 Å². The van der Waals surface area contributed by atoms with E-state index in [1.807, 2.05) is 0 Å². The van der Waals surface area contributed by atoms with Crippen LogP contribution in [0.25, 0.3) is 0 Å². The van der Waals surface area contributed by atoms with Gasteiger partial charge in [0.1, 0.15) is 0 Å². The molecular weight excluding hydrogens is 75.1 g/mol. The Morgan fingerprint density at radius 3 is 0.571 bits per heavy atom. The number of rotatable bonds is 0. The Balaban J connectivity index is 0. The molecule has 4 heteroatoms. The topological polar surface area (TPSA) is 0 Å². The minimum absolute atomic E-state index is 0. The Kier molecular flexibility index (Phi) is 29700. The third-order valence-corrected chi connectivity index (χ3v) is 0. The van der Waals surface area contributed by atoms with Gasteiger partial charge in [-0.05, 0) is 0 Å². The first-order valence-corrected chi connectivity index (χ1v) is 0. The largest absolute Gasteiger partial charge is 1.00 e. The van der Waals surface area contributed by atoms with E-state index in [0.29, 0.717) is 0 Å². The normalized spacial score (nSPS) is 0. The van der Waals surface area contributed by atoms with E-state index in [1.165, 1.54) is 0 Å². The monoisotopic (exact) mass is 97.2 g/mol. The number of hydrogen-bond acceptors (Lipinski definition) is 0. The Bertz CT molecular complexity index is 14.5. The molecule has 0 N–H and O–H groups in total. The smallest absolute Gasteiger partial charge is 1.00 e. The molecule has 0 bridgehead atoms. The van der Waals surface area contributed by atoms with E-state index in [4.69, 9.17) is 0 Å². The molecule has 0 aromatic rings. The van der Waals surface area contributed by atoms with Crippen molar-refractivity contribution in [2.75, 3.05) is 0 Å². The molecule has 0 aliphatic heterocycles. The summed E-state index contributed by atoms with van der Waals surface area (Å²) in [7, 11) is 0. The van der Waals surface area contributed by atoms with Gasteiger partial charge in [0.05, 0.1) is 25.2 Å². The van der Waals surface area contributed by atoms with Crippen LogP contribution in [-0.2, 0) is 0 Å². The molecule has 0 rings (SSSR count). The second-order valence-electron chi connectivity index (χ2n) is 0. The molecule has 0 radical (unpaired) electrons. The van der Waals surface area contributed by atoms with Crippen molar-refractivity contribution in [3.63, 3.8) is 0 Å². The summed E-state index contributed by atoms with van der Waals surface area (Å²) in [5, 5.41) is 0. The van der Waals surface area contributed by atoms with E-state index in [-0.39, 0.29) is 67.8 Å². The maximum Gasteiger partial charge on any atom is 1.00 e. The molecule has 0 unspecified atom stereocenters. The summed E-state index contributed by atoms with van der Waals surface area (Å²) < 4.78 is 0. The summed E-state index contributed by atoms with van der Waals surface area (Å²) in [6.45, 7) is 0. The van der Waals surface area contributed by atoms with Crippen molar-refractivity contribution in [3.05, 3.63) is 0 Å². The average Bonchev–Trinajstić information content (AvgIpc) is 0. The molecule has 0 atom stereocenters. The molecule has 0 saturated heterocycles. The van der Waals surface area contributed by atoms with Crippen LogP contribution in [0.3, 0.4) is 0 Å². The second-order valence-corrected chi connectivity index (χ2v) is 0. The molecule has 44 valence electrons. The third-order valence-electron chi connectivity index (χ3n) is 0. The first-order chi connectivity index (χ1) is 0. The maximum atomic E-state index is 0. The van der Waals surface area contributed by atoms with Crippen LogP contribution in [-0.4, -0.2) is 25.2 Å². The van der Waals surface area contributed by atoms with Crippen molar-refractivity contribution >= 4 is 25.2 Å². The molecule has 0 aromatic carbocycles. The fourth-order valence-corrected chi connectivity index (χ4v) is 0. The van der Waals surface area contributed by atoms with Gasteiger partial charge in [0.25, 0.3) is 0 Å². The van der Waals surface area contributed by atoms with Crippen molar-refractivity contribution in [1.82, 2.24) is 0 Å². The van der Waals surface area contributed by atoms with Gasteiger partial charge in [-0.3, -0.25) is 0 Å². The standard InChI is InChI=1S/3CH4.3BH3.Li.H/h3*1H4;3*1H3;;/q;;;;;;+1;-1/i;;;2*1+0;1-1;1+0;. The van der Waals surface area contributed by atoms with Crippen molar-refractivity contribution < 1.29 is 20.3 Å². The van der Waals surface area contributed by atoms with E-state index in [1.54, 1.807) is 0 Å². The quantitative estimate of drug-likeness (QED) is 0.267. The van der Waals surface area contributed by atoms with Gasteiger partial charge in [-0.2, -0.15) is 0 Å². The summed E-state index contributed by atoms with van der Waals surface area (Å²) in [6.07, 6.45) is 0. The molecule has 0 aromatic heterocycles. The van der Waals surface area contributed by atoms with E-state index in [0.717, 1.165) is 0 Å². The van der Waals surface area contributed by atoms with Gasteiger partial charge in [0.2, 0.25) is 0 Å². The van der Waals surface area contributed by atoms with Gasteiger partial charge in [0, 0.05) is 0 Å². The Morgan fingerprint density at radius 1 is 0.571 bits per heavy atom. The van der Waals surface area contributed by atoms with Crippen LogP contribution in [0.15, 0.2) is 0 Å². The van der Waals surface area contributed by atoms with Crippen molar-refractivity contribution in [2.24, 2.45) is 0 Å². The first-order valence-electron chi connectivity index (χ1n) is 0. The van der Waals surface area contributed by atoms with Gasteiger partial charge in [-0.1, -0.05) is 22.3 Å². The SMILES string of the molecule is C.C.C.[10BH3].[11BH3].[11BH3].[7Li+].[H-]. The molecule has 7 heavy (non-hydrogen) atoms. The predicted octanol–water partition coefficient (Wildman–Crippen LogP) is -4.53. The van der Waals surface area contributed by atoms with Gasteiger partial charge in [-0.15, -0.1) is 0 Å². The summed E-state index contributed by atoms with van der Waals surface area (Å²) in [4.78, 5) is 0. The molecule has 0 amide bonds. The van der Waals surface area contributed by atoms with Crippen molar-refractivity contribution in [2.45, 2.75) is 22.3 Å². The van der Waals surface area contributed by atoms with Crippen LogP contribution in [0.5, 0.6) is 0 Å². The summed E-state index contributed by atoms with van der Waals surface area (Å²) in [5.74, 6) is 0. The molecule has 0 fully saturated rings. The zero-order chi connectivity index (χ0) is 0. The van der Waals surface area contributed by atoms with Gasteiger partial charge < -0.3 is 1.43 Å². The van der Waals surface area contributed by atoms with Crippen LogP contribution in [0.2, 0.25) is 0 Å². The second kappa shape index (κ2) is 363. The molecule has 0 aliphatic carbocycles. The minimum atomic E-state index is 0. The van der Waals surface area contributed by atoms with Gasteiger partial charge in [0.15, 0.2) is 0 Å². The minimum Gasteiger partial charge on any atom is -1.00 e. The molecule has 0 heterocycles. The maximum absolute atomic E-state index is 0. The molecule has 0 spiro atoms. The fraction of sp³-hybridized carbons (Fsp3) is 1.00. The molecular formula is C3H22B3Li. The Morgan fingerprint density at radius 2 is 0.571 bits per heavy atom. The molecule has 0 aliphatic rings. The molecule has 0 saturated carbocycles. The van der Waals surface area contributed by atoms with Crippen molar-refractivity contribution in [1.29, 1.82) is 0 Å². The first kappa shape index (κ1) is 573. The predicted molar refractivity (Wildman–Crippen MR) is 51.1 cm³/mol. The van der Waals surface area contributed by atoms with Gasteiger partial charge >= 0.3 is 18.9 Å². The number of hydrogen-bond donors (Lipinski definition) is 0. The summed E-state index contributed by atoms with van der Waals surface area (Å²) in [6, 6.07) is 0. The van der Waals surface area contributed by atoms with E-state index >= 15 is 0 Å². The van der Waals surface area contributed by atoms with Gasteiger partial charge in [-0.25, -0.2) is 0 Å². The third kappa shape index (κ3) is 249. The summed E-state index contributed by atoms with van der Waals surface area (Å²) >= 11 is 0. The van der Waals surface area contributed by atoms with E-state index in [9.17, 15) is 0 Å². The zero-order valence-electron chi connectivity index (χ0n) is 2.00. The van der Waals surface area contributed by atoms with Crippen LogP contribution >= 0.6 is 0 Å². The van der Waals surface area contributed by atoms with Crippen LogP contribution < -0.4 is 18.9 Å². The van der Waals surface area contributed by atoms with E-state index < -0.39 is 0 Å². The van der Waals surface area contributed by atoms with Crippen molar-refractivity contribution in [3.8, 4) is 0 Å². The zero-order valence-corrected chi connectivity index (χ0v) is 1.00. The van der Waals surface area contributed by atoms with Crippen LogP contribution in [0.4, 0.5) is 0 Å². The summed E-state index contributed by atoms with van der Waals surface area (Å²) in [5.41, 5.74) is 0. The Hall–Kier alpha value is 0.792. The van der Waals surface area contributed by atoms with E-state index in [2.05, 4.69) is 0 Å². The molecule has 0 nitrogen and oxygen atoms in total.